The van der Waals surface area contributed by atoms with Gasteiger partial charge >= 0.3 is 0 Å². The van der Waals surface area contributed by atoms with E-state index in [1.165, 1.54) is 0 Å². The van der Waals surface area contributed by atoms with Gasteiger partial charge in [-0.25, -0.2) is 0 Å². The predicted octanol–water partition coefficient (Wildman–Crippen LogP) is 2.13. The summed E-state index contributed by atoms with van der Waals surface area (Å²) in [6, 6.07) is 15.0. The number of nitrogens with two attached hydrogens (primary N) is 2. The molecular formula is C18H18N6. The molecule has 0 spiro atoms. The van der Waals surface area contributed by atoms with E-state index < -0.39 is 0 Å². The van der Waals surface area contributed by atoms with Gasteiger partial charge < -0.3 is 16.9 Å². The number of hydrogen-bond donors (Lipinski definition) is 5. The minimum absolute atomic E-state index is 0.0554. The summed E-state index contributed by atoms with van der Waals surface area (Å²) in [7, 11) is 0. The summed E-state index contributed by atoms with van der Waals surface area (Å²) in [6.07, 6.45) is 5.83. The molecular weight excluding hydrogens is 300 g/mol. The van der Waals surface area contributed by atoms with Gasteiger partial charge in [0.25, 0.3) is 0 Å². The lowest BCUT2D eigenvalue weighted by Gasteiger charge is -2.24. The highest BCUT2D eigenvalue weighted by atomic mass is 15.5. The molecule has 6 heteroatoms. The third-order valence-electron chi connectivity index (χ3n) is 3.75. The molecule has 120 valence electrons. The maximum Gasteiger partial charge on any atom is 0.122 e. The van der Waals surface area contributed by atoms with E-state index in [4.69, 9.17) is 22.3 Å². The number of allylic oxidation sites excluding steroid dienone is 2. The van der Waals surface area contributed by atoms with Crippen molar-refractivity contribution < 1.29 is 0 Å². The van der Waals surface area contributed by atoms with Gasteiger partial charge in [0, 0.05) is 29.1 Å². The van der Waals surface area contributed by atoms with Crippen LogP contribution in [0.4, 0.5) is 5.69 Å². The van der Waals surface area contributed by atoms with Gasteiger partial charge in [-0.1, -0.05) is 24.3 Å². The van der Waals surface area contributed by atoms with Crippen molar-refractivity contribution in [2.24, 2.45) is 11.5 Å². The summed E-state index contributed by atoms with van der Waals surface area (Å²) in [5.41, 5.74) is 18.5. The number of nitrogen functional groups attached to an aromatic ring is 2. The smallest absolute Gasteiger partial charge is 0.122 e. The summed E-state index contributed by atoms with van der Waals surface area (Å²) in [5, 5.41) is 16.7. The Labute approximate surface area is 140 Å². The molecule has 0 saturated carbocycles. The highest BCUT2D eigenvalue weighted by Crippen LogP contribution is 2.22. The zero-order valence-corrected chi connectivity index (χ0v) is 13.0. The standard InChI is InChI=1S/C18H18N6/c19-17(20)13-3-1-12(2-4-13)15-9-10-24(23-11-15)16-7-5-14(6-8-16)18(21)22/h1-11,23H,(H3,19,20)(H3,21,22). The van der Waals surface area contributed by atoms with Gasteiger partial charge in [0.1, 0.15) is 11.7 Å². The van der Waals surface area contributed by atoms with Crippen molar-refractivity contribution in [1.82, 2.24) is 5.43 Å². The summed E-state index contributed by atoms with van der Waals surface area (Å²) in [5.74, 6) is 0.118. The second kappa shape index (κ2) is 6.29. The Balaban J connectivity index is 1.73. The lowest BCUT2D eigenvalue weighted by molar-refractivity contribution is 0.871. The van der Waals surface area contributed by atoms with E-state index in [0.29, 0.717) is 11.1 Å². The Morgan fingerprint density at radius 3 is 1.83 bits per heavy atom. The molecule has 0 aromatic heterocycles. The van der Waals surface area contributed by atoms with Gasteiger partial charge in [0.05, 0.1) is 5.69 Å². The molecule has 7 N–H and O–H groups in total. The van der Waals surface area contributed by atoms with Crippen LogP contribution in [0.3, 0.4) is 0 Å². The summed E-state index contributed by atoms with van der Waals surface area (Å²) in [4.78, 5) is 0. The van der Waals surface area contributed by atoms with E-state index in [0.717, 1.165) is 16.8 Å². The van der Waals surface area contributed by atoms with Gasteiger partial charge in [-0.05, 0) is 35.9 Å². The third-order valence-corrected chi connectivity index (χ3v) is 3.75. The molecule has 0 fully saturated rings. The molecule has 0 bridgehead atoms. The van der Waals surface area contributed by atoms with Gasteiger partial charge in [0.15, 0.2) is 0 Å². The van der Waals surface area contributed by atoms with Gasteiger partial charge in [0.2, 0.25) is 0 Å². The number of benzene rings is 2. The molecule has 0 aliphatic carbocycles. The molecule has 0 atom stereocenters. The van der Waals surface area contributed by atoms with E-state index in [1.807, 2.05) is 72.0 Å². The first kappa shape index (κ1) is 15.4. The SMILES string of the molecule is N=C(N)c1ccc(C2=CNN(c3ccc(C(=N)N)cc3)C=C2)cc1. The molecule has 1 aliphatic rings. The van der Waals surface area contributed by atoms with Crippen LogP contribution in [0.1, 0.15) is 16.7 Å². The lowest BCUT2D eigenvalue weighted by Crippen LogP contribution is -2.31. The van der Waals surface area contributed by atoms with Crippen molar-refractivity contribution in [3.05, 3.63) is 83.7 Å². The highest BCUT2D eigenvalue weighted by Gasteiger charge is 2.08. The fourth-order valence-corrected chi connectivity index (χ4v) is 2.37. The summed E-state index contributed by atoms with van der Waals surface area (Å²) < 4.78 is 0. The molecule has 3 rings (SSSR count). The van der Waals surface area contributed by atoms with Crippen molar-refractivity contribution in [3.63, 3.8) is 0 Å². The maximum atomic E-state index is 7.42. The Hall–Kier alpha value is -3.54. The van der Waals surface area contributed by atoms with Crippen molar-refractivity contribution in [3.8, 4) is 0 Å². The fraction of sp³-hybridized carbons (Fsp3) is 0. The van der Waals surface area contributed by atoms with Gasteiger partial charge in [-0.2, -0.15) is 0 Å². The monoisotopic (exact) mass is 318 g/mol. The minimum atomic E-state index is 0.0554. The highest BCUT2D eigenvalue weighted by molar-refractivity contribution is 5.96. The van der Waals surface area contributed by atoms with Crippen LogP contribution in [-0.2, 0) is 0 Å². The van der Waals surface area contributed by atoms with E-state index in [1.54, 1.807) is 0 Å². The zero-order chi connectivity index (χ0) is 17.1. The van der Waals surface area contributed by atoms with Crippen molar-refractivity contribution in [1.29, 1.82) is 10.8 Å². The number of rotatable bonds is 4. The first-order valence-electron chi connectivity index (χ1n) is 7.37. The van der Waals surface area contributed by atoms with E-state index in [9.17, 15) is 0 Å². The van der Waals surface area contributed by atoms with Crippen LogP contribution < -0.4 is 21.9 Å². The molecule has 24 heavy (non-hydrogen) atoms. The number of hydrogen-bond acceptors (Lipinski definition) is 4. The van der Waals surface area contributed by atoms with Crippen LogP contribution in [0, 0.1) is 10.8 Å². The van der Waals surface area contributed by atoms with E-state index in [-0.39, 0.29) is 11.7 Å². The van der Waals surface area contributed by atoms with Gasteiger partial charge in [-0.15, -0.1) is 0 Å². The number of nitrogens with one attached hydrogen (secondary N) is 3. The molecule has 0 unspecified atom stereocenters. The number of anilines is 1. The van der Waals surface area contributed by atoms with Crippen LogP contribution in [0.15, 0.2) is 67.0 Å². The molecule has 2 aromatic carbocycles. The number of amidine groups is 2. The first-order valence-corrected chi connectivity index (χ1v) is 7.37. The largest absolute Gasteiger partial charge is 0.384 e. The second-order valence-electron chi connectivity index (χ2n) is 5.37. The quantitative estimate of drug-likeness (QED) is 0.439. The minimum Gasteiger partial charge on any atom is -0.384 e. The number of nitrogens with zero attached hydrogens (tertiary/aromatic N) is 1. The molecule has 0 radical (unpaired) electrons. The Bertz CT molecular complexity index is 831. The molecule has 2 aromatic rings. The molecule has 6 nitrogen and oxygen atoms in total. The molecule has 1 heterocycles. The van der Waals surface area contributed by atoms with Gasteiger partial charge in [-0.3, -0.25) is 15.8 Å². The topological polar surface area (TPSA) is 115 Å². The van der Waals surface area contributed by atoms with Crippen LogP contribution in [0.25, 0.3) is 5.57 Å². The van der Waals surface area contributed by atoms with E-state index in [2.05, 4.69) is 5.43 Å². The normalized spacial score (nSPS) is 13.2. The summed E-state index contributed by atoms with van der Waals surface area (Å²) in [6.45, 7) is 0. The molecule has 0 saturated heterocycles. The predicted molar refractivity (Wildman–Crippen MR) is 97.6 cm³/mol. The van der Waals surface area contributed by atoms with E-state index >= 15 is 0 Å². The zero-order valence-electron chi connectivity index (χ0n) is 13.0. The van der Waals surface area contributed by atoms with Crippen LogP contribution >= 0.6 is 0 Å². The Morgan fingerprint density at radius 2 is 1.38 bits per heavy atom. The average Bonchev–Trinajstić information content (AvgIpc) is 2.62. The van der Waals surface area contributed by atoms with Crippen LogP contribution in [0.2, 0.25) is 0 Å². The fourth-order valence-electron chi connectivity index (χ4n) is 2.37. The van der Waals surface area contributed by atoms with Crippen molar-refractivity contribution in [2.45, 2.75) is 0 Å². The van der Waals surface area contributed by atoms with Crippen LogP contribution in [0.5, 0.6) is 0 Å². The first-order chi connectivity index (χ1) is 11.5. The molecule has 1 aliphatic heterocycles. The summed E-state index contributed by atoms with van der Waals surface area (Å²) >= 11 is 0. The second-order valence-corrected chi connectivity index (χ2v) is 5.37. The molecule has 0 amide bonds. The van der Waals surface area contributed by atoms with Crippen LogP contribution in [-0.4, -0.2) is 11.7 Å². The Kier molecular flexibility index (Phi) is 4.03. The lowest BCUT2D eigenvalue weighted by atomic mass is 10.0. The Morgan fingerprint density at radius 1 is 0.833 bits per heavy atom. The van der Waals surface area contributed by atoms with Crippen molar-refractivity contribution >= 4 is 22.9 Å². The number of hydrazine groups is 1. The average molecular weight is 318 g/mol. The third kappa shape index (κ3) is 3.12. The maximum absolute atomic E-state index is 7.42. The van der Waals surface area contributed by atoms with Crippen molar-refractivity contribution in [2.75, 3.05) is 5.01 Å².